The van der Waals surface area contributed by atoms with Crippen LogP contribution in [0.2, 0.25) is 0 Å². The van der Waals surface area contributed by atoms with Gasteiger partial charge >= 0.3 is 12.3 Å². The van der Waals surface area contributed by atoms with Gasteiger partial charge in [0.2, 0.25) is 0 Å². The Morgan fingerprint density at radius 3 is 1.22 bits per heavy atom. The highest BCUT2D eigenvalue weighted by molar-refractivity contribution is 5.20. The molecule has 0 aromatic heterocycles. The summed E-state index contributed by atoms with van der Waals surface area (Å²) in [4.78, 5) is 32.5. The van der Waals surface area contributed by atoms with Crippen molar-refractivity contribution in [2.45, 2.75) is 46.5 Å². The molecule has 6 heteroatoms. The Morgan fingerprint density at radius 1 is 0.889 bits per heavy atom. The van der Waals surface area contributed by atoms with Crippen LogP contribution in [0, 0.1) is 28.6 Å². The van der Waals surface area contributed by atoms with E-state index >= 15 is 0 Å². The zero-order valence-corrected chi connectivity index (χ0v) is 10.9. The molecule has 0 aliphatic heterocycles. The van der Waals surface area contributed by atoms with E-state index in [4.69, 9.17) is 29.7 Å². The average Bonchev–Trinajstić information content (AvgIpc) is 2.35. The van der Waals surface area contributed by atoms with Crippen molar-refractivity contribution in [3.05, 3.63) is 0 Å². The molecule has 0 aliphatic carbocycles. The topological polar surface area (TPSA) is 116 Å². The Kier molecular flexibility index (Phi) is 50.2. The molecule has 0 aliphatic rings. The normalized spacial score (nSPS) is 6.11. The quantitative estimate of drug-likeness (QED) is 0.761. The lowest BCUT2D eigenvalue weighted by Gasteiger charge is -1.95. The van der Waals surface area contributed by atoms with E-state index in [1.54, 1.807) is 0 Å². The number of carbonyl (C=O) groups excluding carboxylic acids is 4. The summed E-state index contributed by atoms with van der Waals surface area (Å²) < 4.78 is 0. The zero-order valence-electron chi connectivity index (χ0n) is 10.9. The van der Waals surface area contributed by atoms with Gasteiger partial charge in [0, 0.05) is 12.3 Å². The Labute approximate surface area is 107 Å². The molecule has 0 rings (SSSR count). The van der Waals surface area contributed by atoms with E-state index in [1.807, 2.05) is 26.8 Å². The van der Waals surface area contributed by atoms with Gasteiger partial charge in [0.25, 0.3) is 0 Å². The third-order valence-electron chi connectivity index (χ3n) is 1.53. The zero-order chi connectivity index (χ0) is 15.2. The third kappa shape index (κ3) is 67.7. The molecule has 0 spiro atoms. The molecule has 0 aromatic carbocycles. The lowest BCUT2D eigenvalue weighted by Crippen LogP contribution is -1.88. The molecule has 0 radical (unpaired) electrons. The van der Waals surface area contributed by atoms with Crippen molar-refractivity contribution in [1.29, 1.82) is 10.5 Å². The van der Waals surface area contributed by atoms with Crippen molar-refractivity contribution in [2.75, 3.05) is 0 Å². The fourth-order valence-electron chi connectivity index (χ4n) is 0.583. The van der Waals surface area contributed by atoms with Crippen LogP contribution in [0.1, 0.15) is 46.5 Å². The number of hydrogen-bond donors (Lipinski definition) is 0. The van der Waals surface area contributed by atoms with Gasteiger partial charge in [-0.3, -0.25) is 0 Å². The first kappa shape index (κ1) is 24.8. The molecule has 6 nitrogen and oxygen atoms in total. The van der Waals surface area contributed by atoms with E-state index in [0.717, 1.165) is 19.3 Å². The lowest BCUT2D eigenvalue weighted by atomic mass is 10.1. The largest absolute Gasteiger partial charge is 0.373 e. The number of nitrogens with zero attached hydrogens (tertiary/aromatic N) is 2. The van der Waals surface area contributed by atoms with E-state index in [2.05, 4.69) is 6.07 Å². The van der Waals surface area contributed by atoms with Gasteiger partial charge in [0.1, 0.15) is 0 Å². The van der Waals surface area contributed by atoms with Crippen molar-refractivity contribution in [3.63, 3.8) is 0 Å². The second kappa shape index (κ2) is 36.4. The first-order valence-electron chi connectivity index (χ1n) is 5.34. The van der Waals surface area contributed by atoms with Gasteiger partial charge in [-0.25, -0.2) is 0 Å². The van der Waals surface area contributed by atoms with Crippen LogP contribution in [0.3, 0.4) is 0 Å². The Morgan fingerprint density at radius 2 is 1.22 bits per heavy atom. The van der Waals surface area contributed by atoms with Crippen LogP contribution < -0.4 is 0 Å². The van der Waals surface area contributed by atoms with Crippen LogP contribution in [-0.4, -0.2) is 12.3 Å². The maximum atomic E-state index is 8.28. The Balaban J connectivity index is -0.0000000784. The molecule has 0 aromatic rings. The SMILES string of the molecule is CCC(C#N)CC.CCCC#N.O=C=O.O=C=O. The number of unbranched alkanes of at least 4 members (excludes halogenated alkanes) is 1. The molecule has 100 valence electrons. The molecule has 0 amide bonds. The summed E-state index contributed by atoms with van der Waals surface area (Å²) in [5.41, 5.74) is 0. The van der Waals surface area contributed by atoms with E-state index < -0.39 is 0 Å². The van der Waals surface area contributed by atoms with Crippen LogP contribution in [0.4, 0.5) is 0 Å². The molecular weight excluding hydrogens is 236 g/mol. The van der Waals surface area contributed by atoms with Gasteiger partial charge in [0.05, 0.1) is 12.1 Å². The molecule has 0 atom stereocenters. The number of rotatable bonds is 3. The van der Waals surface area contributed by atoms with Gasteiger partial charge in [-0.1, -0.05) is 20.8 Å². The fourth-order valence-corrected chi connectivity index (χ4v) is 0.583. The Hall–Kier alpha value is -2.26. The first-order chi connectivity index (χ1) is 8.59. The fraction of sp³-hybridized carbons (Fsp3) is 0.667. The molecular formula is C12H18N2O4. The summed E-state index contributed by atoms with van der Waals surface area (Å²) >= 11 is 0. The maximum Gasteiger partial charge on any atom is 0.373 e. The van der Waals surface area contributed by atoms with Crippen LogP contribution in [-0.2, 0) is 19.2 Å². The second-order valence-electron chi connectivity index (χ2n) is 2.72. The highest BCUT2D eigenvalue weighted by Gasteiger charge is 1.96. The van der Waals surface area contributed by atoms with Gasteiger partial charge in [-0.15, -0.1) is 0 Å². The van der Waals surface area contributed by atoms with Crippen molar-refractivity contribution >= 4 is 12.3 Å². The summed E-state index contributed by atoms with van der Waals surface area (Å²) in [5.74, 6) is 0.292. The van der Waals surface area contributed by atoms with E-state index in [1.165, 1.54) is 0 Å². The van der Waals surface area contributed by atoms with E-state index in [0.29, 0.717) is 12.3 Å². The molecule has 18 heavy (non-hydrogen) atoms. The summed E-state index contributed by atoms with van der Waals surface area (Å²) in [6, 6.07) is 4.22. The highest BCUT2D eigenvalue weighted by Crippen LogP contribution is 2.03. The van der Waals surface area contributed by atoms with Crippen molar-refractivity contribution in [2.24, 2.45) is 5.92 Å². The molecule has 0 saturated carbocycles. The minimum absolute atomic E-state index is 0.250. The molecule has 0 unspecified atom stereocenters. The molecule has 0 N–H and O–H groups in total. The van der Waals surface area contributed by atoms with E-state index in [-0.39, 0.29) is 12.3 Å². The summed E-state index contributed by atoms with van der Waals surface area (Å²) in [7, 11) is 0. The molecule has 0 fully saturated rings. The predicted molar refractivity (Wildman–Crippen MR) is 60.2 cm³/mol. The number of nitriles is 2. The van der Waals surface area contributed by atoms with Crippen LogP contribution in [0.25, 0.3) is 0 Å². The van der Waals surface area contributed by atoms with Crippen molar-refractivity contribution in [3.8, 4) is 12.1 Å². The smallest absolute Gasteiger partial charge is 0.198 e. The third-order valence-corrected chi connectivity index (χ3v) is 1.53. The number of hydrogen-bond acceptors (Lipinski definition) is 6. The second-order valence-corrected chi connectivity index (χ2v) is 2.72. The van der Waals surface area contributed by atoms with Crippen molar-refractivity contribution < 1.29 is 19.2 Å². The highest BCUT2D eigenvalue weighted by atomic mass is 16.2. The standard InChI is InChI=1S/C6H11N.C4H7N.2CO2/c1-3-6(4-2)5-7;1-2-3-4-5;2*2-1-3/h6H,3-4H2,1-2H3;2-3H2,1H3;;. The average molecular weight is 254 g/mol. The summed E-state index contributed by atoms with van der Waals surface area (Å²) in [6.45, 7) is 6.07. The lowest BCUT2D eigenvalue weighted by molar-refractivity contribution is -0.193. The van der Waals surface area contributed by atoms with Crippen LogP contribution in [0.15, 0.2) is 0 Å². The van der Waals surface area contributed by atoms with E-state index in [9.17, 15) is 0 Å². The molecule has 0 saturated heterocycles. The van der Waals surface area contributed by atoms with Crippen LogP contribution >= 0.6 is 0 Å². The maximum absolute atomic E-state index is 8.28. The Bertz CT molecular complexity index is 274. The van der Waals surface area contributed by atoms with Gasteiger partial charge < -0.3 is 0 Å². The summed E-state index contributed by atoms with van der Waals surface area (Å²) in [5, 5.41) is 16.1. The monoisotopic (exact) mass is 254 g/mol. The summed E-state index contributed by atoms with van der Waals surface area (Å²) in [6.07, 6.45) is 4.16. The predicted octanol–water partition coefficient (Wildman–Crippen LogP) is 2.09. The molecule has 0 heterocycles. The van der Waals surface area contributed by atoms with Gasteiger partial charge in [-0.05, 0) is 19.3 Å². The van der Waals surface area contributed by atoms with Gasteiger partial charge in [0.15, 0.2) is 0 Å². The van der Waals surface area contributed by atoms with Gasteiger partial charge in [-0.2, -0.15) is 29.7 Å². The first-order valence-corrected chi connectivity index (χ1v) is 5.34. The minimum atomic E-state index is 0.250. The van der Waals surface area contributed by atoms with Crippen molar-refractivity contribution in [1.82, 2.24) is 0 Å². The van der Waals surface area contributed by atoms with Crippen LogP contribution in [0.5, 0.6) is 0 Å². The molecule has 0 bridgehead atoms. The minimum Gasteiger partial charge on any atom is -0.198 e.